The molecule has 4 aromatic rings. The Labute approximate surface area is 363 Å². The quantitative estimate of drug-likeness (QED) is 0.194. The summed E-state index contributed by atoms with van der Waals surface area (Å²) in [5.41, 5.74) is 1.22. The molecular formula is C38H38N6O14S4. The molecule has 4 aliphatic heterocycles. The minimum absolute atomic E-state index is 0.0259. The van der Waals surface area contributed by atoms with Crippen molar-refractivity contribution >= 4 is 88.2 Å². The maximum absolute atomic E-state index is 13.3. The summed E-state index contributed by atoms with van der Waals surface area (Å²) in [5, 5.41) is 8.58. The van der Waals surface area contributed by atoms with E-state index in [1.165, 1.54) is 52.8 Å². The molecule has 0 saturated carbocycles. The van der Waals surface area contributed by atoms with E-state index in [4.69, 9.17) is 18.9 Å². The largest absolute Gasteiger partial charge is 0.454 e. The highest BCUT2D eigenvalue weighted by Gasteiger charge is 2.47. The molecule has 8 rings (SSSR count). The van der Waals surface area contributed by atoms with Crippen LogP contribution in [0.15, 0.2) is 47.2 Å². The highest BCUT2D eigenvalue weighted by Crippen LogP contribution is 2.44. The Balaban J connectivity index is 0.000000186. The minimum Gasteiger partial charge on any atom is -0.454 e. The van der Waals surface area contributed by atoms with E-state index in [2.05, 4.69) is 10.6 Å². The molecule has 2 aromatic carbocycles. The normalized spacial score (nSPS) is 16.1. The molecule has 2 N–H and O–H groups in total. The molecular weight excluding hydrogens is 893 g/mol. The molecule has 24 heteroatoms. The van der Waals surface area contributed by atoms with Gasteiger partial charge in [-0.15, -0.1) is 22.7 Å². The number of imide groups is 2. The summed E-state index contributed by atoms with van der Waals surface area (Å²) < 4.78 is 74.2. The number of carbonyl (C=O) groups excluding carboxylic acids is 6. The Bertz CT molecular complexity index is 2590. The summed E-state index contributed by atoms with van der Waals surface area (Å²) in [6.07, 6.45) is 0. The van der Waals surface area contributed by atoms with Crippen LogP contribution in [0.5, 0.6) is 23.0 Å². The highest BCUT2D eigenvalue weighted by atomic mass is 32.2. The zero-order valence-electron chi connectivity index (χ0n) is 33.7. The predicted molar refractivity (Wildman–Crippen MR) is 224 cm³/mol. The maximum atomic E-state index is 13.3. The summed E-state index contributed by atoms with van der Waals surface area (Å²) in [6.45, 7) is 2.64. The molecule has 0 radical (unpaired) electrons. The fraction of sp³-hybridized carbons (Fsp3) is 0.316. The lowest BCUT2D eigenvalue weighted by molar-refractivity contribution is -0.115. The van der Waals surface area contributed by atoms with Crippen molar-refractivity contribution in [3.05, 3.63) is 80.5 Å². The molecule has 0 saturated heterocycles. The number of fused-ring (bicyclic) bond motifs is 4. The molecule has 328 valence electrons. The second-order valence-corrected chi connectivity index (χ2v) is 20.6. The summed E-state index contributed by atoms with van der Waals surface area (Å²) >= 11 is 2.14. The average Bonchev–Trinajstić information content (AvgIpc) is 4.06. The highest BCUT2D eigenvalue weighted by molar-refractivity contribution is 7.89. The Kier molecular flexibility index (Phi) is 11.9. The van der Waals surface area contributed by atoms with Crippen molar-refractivity contribution in [2.24, 2.45) is 0 Å². The number of ether oxygens (including phenoxy) is 4. The third-order valence-electron chi connectivity index (χ3n) is 9.96. The van der Waals surface area contributed by atoms with Crippen molar-refractivity contribution < 1.29 is 64.6 Å². The van der Waals surface area contributed by atoms with Crippen LogP contribution >= 0.6 is 22.7 Å². The van der Waals surface area contributed by atoms with Crippen LogP contribution in [0.25, 0.3) is 0 Å². The number of hydrogen-bond donors (Lipinski definition) is 2. The number of amides is 6. The number of anilines is 2. The van der Waals surface area contributed by atoms with Crippen LogP contribution in [0.3, 0.4) is 0 Å². The Hall–Kier alpha value is -5.92. The molecule has 62 heavy (non-hydrogen) atoms. The van der Waals surface area contributed by atoms with Gasteiger partial charge < -0.3 is 29.6 Å². The van der Waals surface area contributed by atoms with Crippen molar-refractivity contribution in [2.45, 2.75) is 25.9 Å². The van der Waals surface area contributed by atoms with Crippen molar-refractivity contribution in [1.82, 2.24) is 18.4 Å². The fourth-order valence-electron chi connectivity index (χ4n) is 6.79. The molecule has 6 heterocycles. The SMILES string of the molecule is CC(=O)Nc1scc2c1C(=O)N([C@@H](CS(=O)(=O)N(C)C)c1ccc3c(c1)OCO3)C2=O.CC(=O)Nc1scc2c1C(=O)N([C@H](CS(=O)(=O)N(C)C)c1ccc3c(c1)OCO3)C2=O. The second kappa shape index (κ2) is 16.7. The molecule has 6 amide bonds. The summed E-state index contributed by atoms with van der Waals surface area (Å²) in [6, 6.07) is 7.34. The first-order valence-corrected chi connectivity index (χ1v) is 23.3. The Morgan fingerprint density at radius 3 is 1.31 bits per heavy atom. The van der Waals surface area contributed by atoms with Gasteiger partial charge in [-0.05, 0) is 35.4 Å². The van der Waals surface area contributed by atoms with Crippen LogP contribution in [0, 0.1) is 0 Å². The smallest absolute Gasteiger partial charge is 0.265 e. The topological polar surface area (TPSA) is 245 Å². The number of rotatable bonds is 12. The van der Waals surface area contributed by atoms with E-state index in [0.717, 1.165) is 41.1 Å². The van der Waals surface area contributed by atoms with E-state index in [0.29, 0.717) is 34.1 Å². The number of thiophene rings is 2. The number of nitrogens with zero attached hydrogens (tertiary/aromatic N) is 4. The monoisotopic (exact) mass is 930 g/mol. The molecule has 0 unspecified atom stereocenters. The Morgan fingerprint density at radius 2 is 0.968 bits per heavy atom. The van der Waals surface area contributed by atoms with E-state index in [1.54, 1.807) is 36.4 Å². The molecule has 0 spiro atoms. The zero-order chi connectivity index (χ0) is 45.0. The van der Waals surface area contributed by atoms with E-state index in [9.17, 15) is 45.6 Å². The molecule has 20 nitrogen and oxygen atoms in total. The first-order chi connectivity index (χ1) is 29.2. The third-order valence-corrected chi connectivity index (χ3v) is 15.5. The summed E-state index contributed by atoms with van der Waals surface area (Å²) in [7, 11) is -2.07. The van der Waals surface area contributed by atoms with Crippen LogP contribution < -0.4 is 29.6 Å². The van der Waals surface area contributed by atoms with Gasteiger partial charge in [-0.2, -0.15) is 0 Å². The number of benzene rings is 2. The second-order valence-electron chi connectivity index (χ2n) is 14.4. The molecule has 2 atom stereocenters. The van der Waals surface area contributed by atoms with Gasteiger partial charge in [-0.1, -0.05) is 12.1 Å². The number of nitrogens with one attached hydrogen (secondary N) is 2. The van der Waals surface area contributed by atoms with E-state index in [-0.39, 0.29) is 57.7 Å². The van der Waals surface area contributed by atoms with Gasteiger partial charge in [0.2, 0.25) is 45.4 Å². The minimum atomic E-state index is -3.80. The van der Waals surface area contributed by atoms with Gasteiger partial charge in [-0.3, -0.25) is 38.6 Å². The van der Waals surface area contributed by atoms with Crippen LogP contribution in [0.2, 0.25) is 0 Å². The van der Waals surface area contributed by atoms with Gasteiger partial charge in [0.25, 0.3) is 23.6 Å². The maximum Gasteiger partial charge on any atom is 0.265 e. The zero-order valence-corrected chi connectivity index (χ0v) is 37.0. The number of carbonyl (C=O) groups is 6. The lowest BCUT2D eigenvalue weighted by Gasteiger charge is -2.28. The molecule has 0 fully saturated rings. The van der Waals surface area contributed by atoms with Crippen molar-refractivity contribution in [1.29, 1.82) is 0 Å². The molecule has 0 bridgehead atoms. The van der Waals surface area contributed by atoms with Gasteiger partial charge in [0.15, 0.2) is 23.0 Å². The Morgan fingerprint density at radius 1 is 0.613 bits per heavy atom. The third kappa shape index (κ3) is 8.23. The molecule has 2 aromatic heterocycles. The summed E-state index contributed by atoms with van der Waals surface area (Å²) in [4.78, 5) is 77.7. The first kappa shape index (κ1) is 44.1. The summed E-state index contributed by atoms with van der Waals surface area (Å²) in [5.74, 6) is -2.59. The van der Waals surface area contributed by atoms with Gasteiger partial charge in [0, 0.05) is 52.8 Å². The van der Waals surface area contributed by atoms with E-state index in [1.807, 2.05) is 0 Å². The number of sulfonamides is 2. The van der Waals surface area contributed by atoms with Crippen LogP contribution in [-0.4, -0.2) is 124 Å². The number of hydrogen-bond acceptors (Lipinski definition) is 16. The fourth-order valence-corrected chi connectivity index (χ4v) is 10.8. The van der Waals surface area contributed by atoms with Crippen LogP contribution in [0.1, 0.15) is 78.5 Å². The first-order valence-electron chi connectivity index (χ1n) is 18.3. The molecule has 0 aliphatic carbocycles. The lowest BCUT2D eigenvalue weighted by Crippen LogP contribution is -2.40. The van der Waals surface area contributed by atoms with Gasteiger partial charge in [0.05, 0.1) is 45.8 Å². The van der Waals surface area contributed by atoms with Crippen molar-refractivity contribution in [3.63, 3.8) is 0 Å². The van der Waals surface area contributed by atoms with E-state index >= 15 is 0 Å². The van der Waals surface area contributed by atoms with Crippen LogP contribution in [0.4, 0.5) is 10.0 Å². The van der Waals surface area contributed by atoms with Gasteiger partial charge in [0.1, 0.15) is 10.0 Å². The molecule has 4 aliphatic rings. The van der Waals surface area contributed by atoms with Crippen molar-refractivity contribution in [3.8, 4) is 23.0 Å². The lowest BCUT2D eigenvalue weighted by atomic mass is 10.1. The van der Waals surface area contributed by atoms with Crippen molar-refractivity contribution in [2.75, 3.05) is 63.9 Å². The standard InChI is InChI=1S/2C19H19N3O7S2/c2*1-10(23)20-17-16-12(7-30-17)18(24)22(19(16)25)13(8-31(26,27)21(2)3)11-4-5-14-15(6-11)29-9-28-14/h2*4-7,13H,8-9H2,1-3H3,(H,20,23)/t2*13-/m10/s1. The van der Waals surface area contributed by atoms with Gasteiger partial charge >= 0.3 is 0 Å². The van der Waals surface area contributed by atoms with E-state index < -0.39 is 67.3 Å². The van der Waals surface area contributed by atoms with Crippen LogP contribution in [-0.2, 0) is 29.6 Å². The average molecular weight is 931 g/mol. The van der Waals surface area contributed by atoms with Gasteiger partial charge in [-0.25, -0.2) is 25.4 Å². The predicted octanol–water partition coefficient (Wildman–Crippen LogP) is 3.33.